The van der Waals surface area contributed by atoms with Gasteiger partial charge in [0.15, 0.2) is 0 Å². The number of benzene rings is 1. The van der Waals surface area contributed by atoms with Gasteiger partial charge in [0.25, 0.3) is 0 Å². The molecule has 0 aromatic heterocycles. The molecule has 1 heterocycles. The molecule has 2 amide bonds. The van der Waals surface area contributed by atoms with Crippen molar-refractivity contribution in [3.05, 3.63) is 34.9 Å². The van der Waals surface area contributed by atoms with Gasteiger partial charge >= 0.3 is 0 Å². The zero-order valence-corrected chi connectivity index (χ0v) is 11.6. The molecule has 1 atom stereocenters. The van der Waals surface area contributed by atoms with Crippen molar-refractivity contribution in [2.24, 2.45) is 0 Å². The van der Waals surface area contributed by atoms with Gasteiger partial charge < -0.3 is 10.2 Å². The highest BCUT2D eigenvalue weighted by Crippen LogP contribution is 2.13. The molecule has 19 heavy (non-hydrogen) atoms. The first kappa shape index (κ1) is 13.9. The summed E-state index contributed by atoms with van der Waals surface area (Å²) in [4.78, 5) is 24.8. The van der Waals surface area contributed by atoms with Crippen LogP contribution in [0, 0.1) is 0 Å². The van der Waals surface area contributed by atoms with E-state index in [1.54, 1.807) is 11.9 Å². The predicted octanol–water partition coefficient (Wildman–Crippen LogP) is 1.62. The first-order chi connectivity index (χ1) is 9.04. The molecule has 1 fully saturated rings. The summed E-state index contributed by atoms with van der Waals surface area (Å²) in [7, 11) is 1.75. The number of hydrogen-bond donors (Lipinski definition) is 1. The summed E-state index contributed by atoms with van der Waals surface area (Å²) in [5.41, 5.74) is 1.04. The van der Waals surface area contributed by atoms with E-state index in [1.807, 2.05) is 24.3 Å². The van der Waals surface area contributed by atoms with Gasteiger partial charge in [0, 0.05) is 31.5 Å². The lowest BCUT2D eigenvalue weighted by atomic mass is 10.1. The lowest BCUT2D eigenvalue weighted by Gasteiger charge is -2.12. The molecule has 0 radical (unpaired) electrons. The van der Waals surface area contributed by atoms with Crippen LogP contribution in [0.2, 0.25) is 5.02 Å². The van der Waals surface area contributed by atoms with E-state index in [0.29, 0.717) is 30.8 Å². The van der Waals surface area contributed by atoms with Crippen LogP contribution in [0.1, 0.15) is 18.4 Å². The average Bonchev–Trinajstić information content (AvgIpc) is 2.66. The molecule has 5 heteroatoms. The summed E-state index contributed by atoms with van der Waals surface area (Å²) in [6.45, 7) is 0.599. The van der Waals surface area contributed by atoms with Crippen molar-refractivity contribution in [2.45, 2.75) is 25.3 Å². The van der Waals surface area contributed by atoms with Gasteiger partial charge in [0.1, 0.15) is 0 Å². The Hall–Kier alpha value is -1.55. The van der Waals surface area contributed by atoms with Gasteiger partial charge in [-0.3, -0.25) is 9.59 Å². The number of likely N-dealkylation sites (N-methyl/N-ethyl adjacent to an activating group) is 1. The van der Waals surface area contributed by atoms with Crippen LogP contribution in [0.5, 0.6) is 0 Å². The molecular weight excluding hydrogens is 264 g/mol. The summed E-state index contributed by atoms with van der Waals surface area (Å²) in [5.74, 6) is 0.0632. The van der Waals surface area contributed by atoms with E-state index >= 15 is 0 Å². The SMILES string of the molecule is CN1C[C@@H](NC(=O)CCc2cccc(Cl)c2)CC1=O. The maximum Gasteiger partial charge on any atom is 0.224 e. The van der Waals surface area contributed by atoms with Gasteiger partial charge in [-0.15, -0.1) is 0 Å². The van der Waals surface area contributed by atoms with Gasteiger partial charge in [0.2, 0.25) is 11.8 Å². The van der Waals surface area contributed by atoms with Crippen molar-refractivity contribution in [3.8, 4) is 0 Å². The zero-order valence-electron chi connectivity index (χ0n) is 10.9. The smallest absolute Gasteiger partial charge is 0.224 e. The number of nitrogens with one attached hydrogen (secondary N) is 1. The lowest BCUT2D eigenvalue weighted by Crippen LogP contribution is -2.36. The van der Waals surface area contributed by atoms with E-state index < -0.39 is 0 Å². The van der Waals surface area contributed by atoms with E-state index in [0.717, 1.165) is 5.56 Å². The molecule has 1 aliphatic rings. The Kier molecular flexibility index (Phi) is 4.43. The van der Waals surface area contributed by atoms with Crippen LogP contribution >= 0.6 is 11.6 Å². The van der Waals surface area contributed by atoms with E-state index in [4.69, 9.17) is 11.6 Å². The van der Waals surface area contributed by atoms with Gasteiger partial charge in [-0.2, -0.15) is 0 Å². The third-order valence-corrected chi connectivity index (χ3v) is 3.47. The van der Waals surface area contributed by atoms with E-state index in [2.05, 4.69) is 5.32 Å². The molecular formula is C14H17ClN2O2. The lowest BCUT2D eigenvalue weighted by molar-refractivity contribution is -0.126. The second kappa shape index (κ2) is 6.06. The second-order valence-electron chi connectivity index (χ2n) is 4.87. The van der Waals surface area contributed by atoms with Crippen LogP contribution in [0.4, 0.5) is 0 Å². The molecule has 0 saturated carbocycles. The first-order valence-electron chi connectivity index (χ1n) is 6.32. The molecule has 0 unspecified atom stereocenters. The number of amides is 2. The largest absolute Gasteiger partial charge is 0.351 e. The molecule has 0 aliphatic carbocycles. The Bertz CT molecular complexity index is 490. The number of carbonyl (C=O) groups is 2. The van der Waals surface area contributed by atoms with Gasteiger partial charge in [0.05, 0.1) is 6.04 Å². The zero-order chi connectivity index (χ0) is 13.8. The average molecular weight is 281 g/mol. The Morgan fingerprint density at radius 3 is 2.95 bits per heavy atom. The highest BCUT2D eigenvalue weighted by Gasteiger charge is 2.27. The number of halogens is 1. The van der Waals surface area contributed by atoms with E-state index in [1.165, 1.54) is 0 Å². The Morgan fingerprint density at radius 1 is 1.53 bits per heavy atom. The fourth-order valence-corrected chi connectivity index (χ4v) is 2.42. The summed E-state index contributed by atoms with van der Waals surface area (Å²) in [6.07, 6.45) is 1.47. The van der Waals surface area contributed by atoms with Crippen LogP contribution in [-0.2, 0) is 16.0 Å². The van der Waals surface area contributed by atoms with Crippen LogP contribution in [0.15, 0.2) is 24.3 Å². The van der Waals surface area contributed by atoms with Crippen LogP contribution < -0.4 is 5.32 Å². The highest BCUT2D eigenvalue weighted by atomic mass is 35.5. The van der Waals surface area contributed by atoms with Gasteiger partial charge in [-0.25, -0.2) is 0 Å². The van der Waals surface area contributed by atoms with Crippen molar-refractivity contribution in [1.82, 2.24) is 10.2 Å². The van der Waals surface area contributed by atoms with Crippen LogP contribution in [-0.4, -0.2) is 36.3 Å². The van der Waals surface area contributed by atoms with Crippen molar-refractivity contribution >= 4 is 23.4 Å². The highest BCUT2D eigenvalue weighted by molar-refractivity contribution is 6.30. The number of aryl methyl sites for hydroxylation is 1. The third kappa shape index (κ3) is 3.96. The summed E-state index contributed by atoms with van der Waals surface area (Å²) < 4.78 is 0. The second-order valence-corrected chi connectivity index (χ2v) is 5.31. The standard InChI is InChI=1S/C14H17ClN2O2/c1-17-9-12(8-14(17)19)16-13(18)6-5-10-3-2-4-11(15)7-10/h2-4,7,12H,5-6,8-9H2,1H3,(H,16,18)/t12-/m0/s1. The normalized spacial score (nSPS) is 18.7. The molecule has 1 aromatic carbocycles. The van der Waals surface area contributed by atoms with Crippen molar-refractivity contribution in [3.63, 3.8) is 0 Å². The number of rotatable bonds is 4. The minimum atomic E-state index is -0.0515. The number of hydrogen-bond acceptors (Lipinski definition) is 2. The number of likely N-dealkylation sites (tertiary alicyclic amines) is 1. The maximum absolute atomic E-state index is 11.8. The topological polar surface area (TPSA) is 49.4 Å². The van der Waals surface area contributed by atoms with Crippen molar-refractivity contribution in [1.29, 1.82) is 0 Å². The Morgan fingerprint density at radius 2 is 2.32 bits per heavy atom. The molecule has 1 saturated heterocycles. The minimum Gasteiger partial charge on any atom is -0.351 e. The molecule has 0 spiro atoms. The van der Waals surface area contributed by atoms with E-state index in [-0.39, 0.29) is 17.9 Å². The Balaban J connectivity index is 1.78. The fraction of sp³-hybridized carbons (Fsp3) is 0.429. The van der Waals surface area contributed by atoms with Crippen molar-refractivity contribution < 1.29 is 9.59 Å². The van der Waals surface area contributed by atoms with Gasteiger partial charge in [-0.05, 0) is 24.1 Å². The number of carbonyl (C=O) groups excluding carboxylic acids is 2. The predicted molar refractivity (Wildman–Crippen MR) is 74.0 cm³/mol. The molecule has 102 valence electrons. The van der Waals surface area contributed by atoms with E-state index in [9.17, 15) is 9.59 Å². The number of nitrogens with zero attached hydrogens (tertiary/aromatic N) is 1. The van der Waals surface area contributed by atoms with Crippen LogP contribution in [0.25, 0.3) is 0 Å². The van der Waals surface area contributed by atoms with Crippen LogP contribution in [0.3, 0.4) is 0 Å². The minimum absolute atomic E-state index is 0.0203. The molecule has 4 nitrogen and oxygen atoms in total. The van der Waals surface area contributed by atoms with Crippen molar-refractivity contribution in [2.75, 3.05) is 13.6 Å². The molecule has 1 aromatic rings. The quantitative estimate of drug-likeness (QED) is 0.911. The molecule has 0 bridgehead atoms. The summed E-state index contributed by atoms with van der Waals surface area (Å²) in [6, 6.07) is 7.45. The fourth-order valence-electron chi connectivity index (χ4n) is 2.21. The van der Waals surface area contributed by atoms with Gasteiger partial charge in [-0.1, -0.05) is 23.7 Å². The first-order valence-corrected chi connectivity index (χ1v) is 6.70. The molecule has 1 aliphatic heterocycles. The summed E-state index contributed by atoms with van der Waals surface area (Å²) in [5, 5.41) is 3.57. The molecule has 2 rings (SSSR count). The third-order valence-electron chi connectivity index (χ3n) is 3.24. The monoisotopic (exact) mass is 280 g/mol. The Labute approximate surface area is 117 Å². The maximum atomic E-state index is 11.8. The molecule has 1 N–H and O–H groups in total. The summed E-state index contributed by atoms with van der Waals surface area (Å²) >= 11 is 5.89.